The topological polar surface area (TPSA) is 424 Å². The number of nitrogens with two attached hydrogens (primary N) is 1. The Hall–Kier alpha value is -6.99. The number of primary amides is 1. The molecule has 0 saturated carbocycles. The fraction of sp³-hybridized carbons (Fsp3) is 0.595. The predicted molar refractivity (Wildman–Crippen MR) is 250 cm³/mol. The van der Waals surface area contributed by atoms with E-state index in [0.29, 0.717) is 24.9 Å². The molecule has 0 aliphatic carbocycles. The minimum absolute atomic E-state index is 0.00299. The van der Waals surface area contributed by atoms with Gasteiger partial charge in [0.1, 0.15) is 12.1 Å². The molecule has 0 radical (unpaired) electrons. The summed E-state index contributed by atoms with van der Waals surface area (Å²) in [4.78, 5) is 144. The molecule has 2 heterocycles. The number of carboxylic acid groups (broad SMARTS) is 4. The summed E-state index contributed by atoms with van der Waals surface area (Å²) in [6, 6.07) is 2.02. The fourth-order valence-corrected chi connectivity index (χ4v) is 7.79. The molecule has 2 saturated heterocycles. The van der Waals surface area contributed by atoms with Gasteiger partial charge in [0.05, 0.1) is 51.6 Å². The molecule has 1 aromatic carbocycles. The van der Waals surface area contributed by atoms with E-state index in [0.717, 1.165) is 0 Å². The molecule has 2 aliphatic heterocycles. The lowest BCUT2D eigenvalue weighted by Crippen LogP contribution is -2.54. The number of benzene rings is 1. The van der Waals surface area contributed by atoms with Crippen LogP contribution in [0, 0.1) is 0 Å². The van der Waals surface area contributed by atoms with E-state index in [-0.39, 0.29) is 103 Å². The van der Waals surface area contributed by atoms with Gasteiger partial charge in [-0.3, -0.25) is 67.5 Å². The van der Waals surface area contributed by atoms with E-state index in [1.807, 2.05) is 0 Å². The Morgan fingerprint density at radius 3 is 1.58 bits per heavy atom. The summed E-state index contributed by atoms with van der Waals surface area (Å²) < 4.78 is 0. The van der Waals surface area contributed by atoms with Gasteiger partial charge >= 0.3 is 37.0 Å². The Morgan fingerprint density at radius 1 is 0.597 bits per heavy atom. The highest BCUT2D eigenvalue weighted by molar-refractivity contribution is 6.43. The fourth-order valence-electron chi connectivity index (χ4n) is 7.79. The number of nitrogens with one attached hydrogen (secondary N) is 6. The van der Waals surface area contributed by atoms with E-state index in [4.69, 9.17) is 5.73 Å². The SMILES string of the molecule is NC(=O)NCCCC(NC(=O)CN1CCN(CC(=O)O)CCN(CC(=O)O)CCN(CC(=O)O)CC1)C(=O)NCC(=O)NC(CC(=O)O)C(=O)NCc1ccc(C(=O)NCC(=O)N2CCCC2B(O)O)cc1. The van der Waals surface area contributed by atoms with E-state index in [2.05, 4.69) is 31.9 Å². The highest BCUT2D eigenvalue weighted by atomic mass is 16.4. The molecule has 3 unspecified atom stereocenters. The second kappa shape index (κ2) is 30.7. The molecular formula is C42H65BN12O17. The number of aliphatic carboxylic acids is 4. The second-order valence-electron chi connectivity index (χ2n) is 17.1. The maximum absolute atomic E-state index is 13.6. The monoisotopic (exact) mass is 1020 g/mol. The maximum Gasteiger partial charge on any atom is 0.475 e. The summed E-state index contributed by atoms with van der Waals surface area (Å²) in [5, 5.41) is 71.5. The third kappa shape index (κ3) is 22.8. The van der Waals surface area contributed by atoms with Gasteiger partial charge in [0.15, 0.2) is 0 Å². The Labute approximate surface area is 413 Å². The van der Waals surface area contributed by atoms with Gasteiger partial charge < -0.3 is 73.0 Å². The number of likely N-dealkylation sites (tertiary alicyclic amines) is 1. The number of urea groups is 1. The molecule has 0 bridgehead atoms. The van der Waals surface area contributed by atoms with Crippen molar-refractivity contribution < 1.29 is 83.2 Å². The van der Waals surface area contributed by atoms with Gasteiger partial charge in [-0.1, -0.05) is 12.1 Å². The second-order valence-corrected chi connectivity index (χ2v) is 17.1. The Morgan fingerprint density at radius 2 is 1.10 bits per heavy atom. The number of carboxylic acids is 4. The quantitative estimate of drug-likeness (QED) is 0.0303. The summed E-state index contributed by atoms with van der Waals surface area (Å²) in [6.45, 7) is -1.50. The van der Waals surface area contributed by atoms with Gasteiger partial charge in [0.2, 0.25) is 29.5 Å². The van der Waals surface area contributed by atoms with Crippen LogP contribution >= 0.6 is 0 Å². The zero-order valence-corrected chi connectivity index (χ0v) is 39.7. The molecule has 2 aliphatic rings. The summed E-state index contributed by atoms with van der Waals surface area (Å²) in [5.74, 6) is -10.2. The smallest absolute Gasteiger partial charge is 0.475 e. The van der Waals surface area contributed by atoms with Crippen LogP contribution in [-0.2, 0) is 49.7 Å². The molecule has 2 fully saturated rings. The van der Waals surface area contributed by atoms with Crippen molar-refractivity contribution >= 4 is 72.5 Å². The van der Waals surface area contributed by atoms with Gasteiger partial charge in [0, 0.05) is 77.6 Å². The normalized spacial score (nSPS) is 17.1. The molecule has 72 heavy (non-hydrogen) atoms. The number of hydrogen-bond donors (Lipinski definition) is 13. The molecule has 14 N–H and O–H groups in total. The van der Waals surface area contributed by atoms with Crippen molar-refractivity contribution in [1.82, 2.24) is 56.4 Å². The van der Waals surface area contributed by atoms with E-state index in [1.165, 1.54) is 29.2 Å². The van der Waals surface area contributed by atoms with Crippen LogP contribution in [0.3, 0.4) is 0 Å². The van der Waals surface area contributed by atoms with Crippen molar-refractivity contribution in [3.63, 3.8) is 0 Å². The van der Waals surface area contributed by atoms with Crippen LogP contribution in [-0.4, -0.2) is 250 Å². The summed E-state index contributed by atoms with van der Waals surface area (Å²) >= 11 is 0. The van der Waals surface area contributed by atoms with Crippen molar-refractivity contribution in [3.8, 4) is 0 Å². The summed E-state index contributed by atoms with van der Waals surface area (Å²) in [6.07, 6.45) is 0.165. The molecule has 0 spiro atoms. The van der Waals surface area contributed by atoms with Crippen molar-refractivity contribution in [2.75, 3.05) is 105 Å². The van der Waals surface area contributed by atoms with Crippen LogP contribution in [0.5, 0.6) is 0 Å². The molecule has 30 heteroatoms. The lowest BCUT2D eigenvalue weighted by Gasteiger charge is -2.33. The van der Waals surface area contributed by atoms with Crippen molar-refractivity contribution in [2.24, 2.45) is 5.73 Å². The van der Waals surface area contributed by atoms with Crippen molar-refractivity contribution in [1.29, 1.82) is 0 Å². The highest BCUT2D eigenvalue weighted by Gasteiger charge is 2.37. The first-order valence-corrected chi connectivity index (χ1v) is 23.1. The van der Waals surface area contributed by atoms with E-state index >= 15 is 0 Å². The molecule has 1 aromatic rings. The zero-order valence-electron chi connectivity index (χ0n) is 39.7. The Balaban J connectivity index is 1.62. The van der Waals surface area contributed by atoms with Gasteiger partial charge in [-0.05, 0) is 43.4 Å². The highest BCUT2D eigenvalue weighted by Crippen LogP contribution is 2.18. The van der Waals surface area contributed by atoms with Crippen LogP contribution in [0.4, 0.5) is 4.79 Å². The average Bonchev–Trinajstić information content (AvgIpc) is 3.81. The third-order valence-electron chi connectivity index (χ3n) is 11.5. The minimum atomic E-state index is -1.71. The van der Waals surface area contributed by atoms with Gasteiger partial charge in [-0.2, -0.15) is 0 Å². The van der Waals surface area contributed by atoms with E-state index in [1.54, 1.807) is 19.6 Å². The summed E-state index contributed by atoms with van der Waals surface area (Å²) in [7, 11) is -1.71. The summed E-state index contributed by atoms with van der Waals surface area (Å²) in [5.41, 5.74) is 5.78. The molecule has 8 amide bonds. The van der Waals surface area contributed by atoms with Crippen LogP contribution in [0.1, 0.15) is 48.0 Å². The third-order valence-corrected chi connectivity index (χ3v) is 11.5. The van der Waals surface area contributed by atoms with Crippen LogP contribution in [0.15, 0.2) is 24.3 Å². The number of hydrogen-bond acceptors (Lipinski definition) is 17. The van der Waals surface area contributed by atoms with Crippen LogP contribution in [0.2, 0.25) is 0 Å². The van der Waals surface area contributed by atoms with E-state index in [9.17, 15) is 83.2 Å². The lowest BCUT2D eigenvalue weighted by molar-refractivity contribution is -0.141. The standard InChI is InChI=1S/C42H65BN12O17/c44-42(70)45-9-1-3-29(49-33(57)23-51-11-13-52(24-36(61)62)15-17-54(26-38(65)66)18-16-53(14-12-51)25-37(63)64)40(68)47-21-32(56)50-30(19-35(59)60)41(69)46-20-27-5-7-28(8-6-27)39(67)48-22-34(58)55-10-2-4-31(55)43(71)72/h5-8,29-31,71-72H,1-4,9-26H2,(H,46,69)(H,47,68)(H,48,67)(H,49,57)(H,50,56)(H,59,60)(H,61,62)(H,63,64)(H,65,66)(H3,44,45,70). The lowest BCUT2D eigenvalue weighted by atomic mass is 9.78. The predicted octanol–water partition coefficient (Wildman–Crippen LogP) is -6.48. The number of nitrogens with zero attached hydrogens (tertiary/aromatic N) is 5. The Kier molecular flexibility index (Phi) is 25.3. The number of amides is 8. The van der Waals surface area contributed by atoms with Gasteiger partial charge in [-0.25, -0.2) is 4.79 Å². The molecule has 398 valence electrons. The molecular weight excluding hydrogens is 955 g/mol. The number of rotatable bonds is 26. The molecule has 3 rings (SSSR count). The first kappa shape index (κ1) is 59.3. The van der Waals surface area contributed by atoms with Crippen LogP contribution < -0.4 is 37.6 Å². The van der Waals surface area contributed by atoms with Gasteiger partial charge in [0.25, 0.3) is 5.91 Å². The first-order valence-electron chi connectivity index (χ1n) is 23.1. The van der Waals surface area contributed by atoms with Crippen molar-refractivity contribution in [3.05, 3.63) is 35.4 Å². The Bertz CT molecular complexity index is 2040. The van der Waals surface area contributed by atoms with Crippen LogP contribution in [0.25, 0.3) is 0 Å². The minimum Gasteiger partial charge on any atom is -0.481 e. The van der Waals surface area contributed by atoms with Gasteiger partial charge in [-0.15, -0.1) is 0 Å². The average molecular weight is 1020 g/mol. The first-order chi connectivity index (χ1) is 34.1. The molecule has 3 atom stereocenters. The zero-order chi connectivity index (χ0) is 53.3. The van der Waals surface area contributed by atoms with E-state index < -0.39 is 117 Å². The number of carbonyl (C=O) groups excluding carboxylic acids is 7. The number of carbonyl (C=O) groups is 11. The molecule has 29 nitrogen and oxygen atoms in total. The maximum atomic E-state index is 13.6. The molecule has 0 aromatic heterocycles. The largest absolute Gasteiger partial charge is 0.481 e. The van der Waals surface area contributed by atoms with Crippen molar-refractivity contribution in [2.45, 2.75) is 56.7 Å².